The maximum absolute atomic E-state index is 12.4. The molecule has 0 fully saturated rings. The van der Waals surface area contributed by atoms with Crippen LogP contribution in [0.1, 0.15) is 23.5 Å². The molecule has 2 heterocycles. The molecule has 0 saturated heterocycles. The average molecular weight is 381 g/mol. The third kappa shape index (κ3) is 3.85. The van der Waals surface area contributed by atoms with Crippen molar-refractivity contribution in [1.82, 2.24) is 9.78 Å². The van der Waals surface area contributed by atoms with Crippen LogP contribution in [0, 0.1) is 0 Å². The highest BCUT2D eigenvalue weighted by Gasteiger charge is 2.31. The minimum atomic E-state index is -0.467. The van der Waals surface area contributed by atoms with Crippen molar-refractivity contribution in [3.63, 3.8) is 0 Å². The van der Waals surface area contributed by atoms with E-state index in [9.17, 15) is 9.59 Å². The molecule has 6 nitrogen and oxygen atoms in total. The lowest BCUT2D eigenvalue weighted by atomic mass is 9.97. The molecule has 0 radical (unpaired) electrons. The van der Waals surface area contributed by atoms with Crippen LogP contribution in [-0.2, 0) is 16.1 Å². The summed E-state index contributed by atoms with van der Waals surface area (Å²) in [6, 6.07) is 14.9. The summed E-state index contributed by atoms with van der Waals surface area (Å²) in [6.07, 6.45) is 3.44. The predicted molar refractivity (Wildman–Crippen MR) is 104 cm³/mol. The molecule has 136 valence electrons. The lowest BCUT2D eigenvalue weighted by Crippen LogP contribution is -2.20. The molecule has 4 rings (SSSR count). The van der Waals surface area contributed by atoms with Crippen LogP contribution in [-0.4, -0.2) is 21.6 Å². The second kappa shape index (κ2) is 7.25. The number of fused-ring (bicyclic) bond motifs is 1. The van der Waals surface area contributed by atoms with Crippen LogP contribution < -0.4 is 10.6 Å². The van der Waals surface area contributed by atoms with Crippen molar-refractivity contribution in [3.8, 4) is 0 Å². The van der Waals surface area contributed by atoms with E-state index in [2.05, 4.69) is 15.7 Å². The lowest BCUT2D eigenvalue weighted by Gasteiger charge is -2.08. The van der Waals surface area contributed by atoms with E-state index in [-0.39, 0.29) is 18.2 Å². The topological polar surface area (TPSA) is 76.0 Å². The number of anilines is 2. The van der Waals surface area contributed by atoms with Crippen molar-refractivity contribution < 1.29 is 9.59 Å². The Labute approximate surface area is 161 Å². The molecule has 27 heavy (non-hydrogen) atoms. The van der Waals surface area contributed by atoms with Gasteiger partial charge in [-0.15, -0.1) is 0 Å². The quantitative estimate of drug-likeness (QED) is 0.709. The molecule has 3 aromatic rings. The highest BCUT2D eigenvalue weighted by atomic mass is 35.5. The van der Waals surface area contributed by atoms with Gasteiger partial charge < -0.3 is 10.6 Å². The Hall–Kier alpha value is -3.12. The van der Waals surface area contributed by atoms with E-state index in [4.69, 9.17) is 11.6 Å². The van der Waals surface area contributed by atoms with Crippen molar-refractivity contribution in [2.75, 3.05) is 10.6 Å². The standard InChI is InChI=1S/C20H17ClN4O2/c21-14-7-5-13(6-8-14)11-25-12-15(10-22-25)23-19(26)9-17-16-3-1-2-4-18(16)24-20(17)27/h1-8,10,12,17H,9,11H2,(H,23,26)(H,24,27). The van der Waals surface area contributed by atoms with Gasteiger partial charge in [0.25, 0.3) is 0 Å². The van der Waals surface area contributed by atoms with Gasteiger partial charge >= 0.3 is 0 Å². The fraction of sp³-hybridized carbons (Fsp3) is 0.150. The molecule has 2 aromatic carbocycles. The van der Waals surface area contributed by atoms with Gasteiger partial charge in [0.05, 0.1) is 24.3 Å². The Kier molecular flexibility index (Phi) is 4.64. The van der Waals surface area contributed by atoms with E-state index in [1.165, 1.54) is 0 Å². The molecule has 0 bridgehead atoms. The van der Waals surface area contributed by atoms with E-state index in [1.54, 1.807) is 17.1 Å². The van der Waals surface area contributed by atoms with Crippen LogP contribution in [0.4, 0.5) is 11.4 Å². The first-order valence-corrected chi connectivity index (χ1v) is 8.93. The van der Waals surface area contributed by atoms with Crippen molar-refractivity contribution in [2.24, 2.45) is 0 Å². The predicted octanol–water partition coefficient (Wildman–Crippen LogP) is 3.65. The third-order valence-electron chi connectivity index (χ3n) is 4.47. The Morgan fingerprint density at radius 1 is 1.19 bits per heavy atom. The lowest BCUT2D eigenvalue weighted by molar-refractivity contribution is -0.122. The summed E-state index contributed by atoms with van der Waals surface area (Å²) < 4.78 is 1.73. The molecule has 1 aromatic heterocycles. The van der Waals surface area contributed by atoms with Crippen molar-refractivity contribution in [3.05, 3.63) is 77.1 Å². The van der Waals surface area contributed by atoms with Crippen LogP contribution in [0.2, 0.25) is 5.02 Å². The van der Waals surface area contributed by atoms with Crippen molar-refractivity contribution in [1.29, 1.82) is 0 Å². The first kappa shape index (κ1) is 17.3. The van der Waals surface area contributed by atoms with Gasteiger partial charge in [-0.1, -0.05) is 41.9 Å². The Balaban J connectivity index is 1.38. The molecular formula is C20H17ClN4O2. The number of para-hydroxylation sites is 1. The van der Waals surface area contributed by atoms with Gasteiger partial charge in [-0.2, -0.15) is 5.10 Å². The summed E-state index contributed by atoms with van der Waals surface area (Å²) in [4.78, 5) is 24.5. The number of nitrogens with zero attached hydrogens (tertiary/aromatic N) is 2. The Morgan fingerprint density at radius 2 is 1.96 bits per heavy atom. The van der Waals surface area contributed by atoms with E-state index >= 15 is 0 Å². The summed E-state index contributed by atoms with van der Waals surface area (Å²) in [6.45, 7) is 0.575. The number of hydrogen-bond donors (Lipinski definition) is 2. The van der Waals surface area contributed by atoms with Gasteiger partial charge in [-0.05, 0) is 29.3 Å². The van der Waals surface area contributed by atoms with Crippen LogP contribution >= 0.6 is 11.6 Å². The SMILES string of the molecule is O=C(CC1C(=O)Nc2ccccc21)Nc1cnn(Cc2ccc(Cl)cc2)c1. The van der Waals surface area contributed by atoms with Crippen LogP contribution in [0.5, 0.6) is 0 Å². The summed E-state index contributed by atoms with van der Waals surface area (Å²) in [7, 11) is 0. The number of hydrogen-bond acceptors (Lipinski definition) is 3. The number of benzene rings is 2. The van der Waals surface area contributed by atoms with Gasteiger partial charge in [-0.25, -0.2) is 0 Å². The van der Waals surface area contributed by atoms with Gasteiger partial charge in [0.1, 0.15) is 0 Å². The maximum atomic E-state index is 12.4. The molecule has 0 saturated carbocycles. The number of amides is 2. The zero-order valence-corrected chi connectivity index (χ0v) is 15.1. The molecule has 1 atom stereocenters. The van der Waals surface area contributed by atoms with Gasteiger partial charge in [-0.3, -0.25) is 14.3 Å². The monoisotopic (exact) mass is 380 g/mol. The van der Waals surface area contributed by atoms with E-state index in [0.29, 0.717) is 17.3 Å². The zero-order valence-electron chi connectivity index (χ0n) is 14.4. The number of carbonyl (C=O) groups is 2. The highest BCUT2D eigenvalue weighted by Crippen LogP contribution is 2.34. The maximum Gasteiger partial charge on any atom is 0.232 e. The van der Waals surface area contributed by atoms with E-state index in [0.717, 1.165) is 16.8 Å². The van der Waals surface area contributed by atoms with E-state index in [1.807, 2.05) is 48.5 Å². The zero-order chi connectivity index (χ0) is 18.8. The fourth-order valence-electron chi connectivity index (χ4n) is 3.17. The van der Waals surface area contributed by atoms with Gasteiger partial charge in [0.15, 0.2) is 0 Å². The largest absolute Gasteiger partial charge is 0.325 e. The van der Waals surface area contributed by atoms with Crippen LogP contribution in [0.3, 0.4) is 0 Å². The molecule has 7 heteroatoms. The number of carbonyl (C=O) groups excluding carboxylic acids is 2. The first-order chi connectivity index (χ1) is 13.1. The number of nitrogens with one attached hydrogen (secondary N) is 2. The summed E-state index contributed by atoms with van der Waals surface area (Å²) in [5.41, 5.74) is 3.28. The molecule has 0 spiro atoms. The number of aromatic nitrogens is 2. The van der Waals surface area contributed by atoms with Crippen molar-refractivity contribution in [2.45, 2.75) is 18.9 Å². The third-order valence-corrected chi connectivity index (χ3v) is 4.73. The van der Waals surface area contributed by atoms with Crippen LogP contribution in [0.25, 0.3) is 0 Å². The Morgan fingerprint density at radius 3 is 2.78 bits per heavy atom. The molecule has 1 unspecified atom stereocenters. The Bertz CT molecular complexity index is 997. The first-order valence-electron chi connectivity index (χ1n) is 8.55. The molecule has 2 N–H and O–H groups in total. The number of rotatable bonds is 5. The van der Waals surface area contributed by atoms with Gasteiger partial charge in [0, 0.05) is 23.3 Å². The molecule has 0 aliphatic carbocycles. The minimum Gasteiger partial charge on any atom is -0.325 e. The smallest absolute Gasteiger partial charge is 0.232 e. The summed E-state index contributed by atoms with van der Waals surface area (Å²) in [5, 5.41) is 10.6. The van der Waals surface area contributed by atoms with Crippen molar-refractivity contribution >= 4 is 34.8 Å². The van der Waals surface area contributed by atoms with Gasteiger partial charge in [0.2, 0.25) is 11.8 Å². The second-order valence-corrected chi connectivity index (χ2v) is 6.87. The molecule has 1 aliphatic heterocycles. The minimum absolute atomic E-state index is 0.0885. The highest BCUT2D eigenvalue weighted by molar-refractivity contribution is 6.30. The molecule has 2 amide bonds. The second-order valence-electron chi connectivity index (χ2n) is 6.43. The van der Waals surface area contributed by atoms with Crippen LogP contribution in [0.15, 0.2) is 60.9 Å². The summed E-state index contributed by atoms with van der Waals surface area (Å²) >= 11 is 5.89. The average Bonchev–Trinajstić information content (AvgIpc) is 3.21. The van der Waals surface area contributed by atoms with E-state index < -0.39 is 5.92 Å². The normalized spacial score (nSPS) is 15.3. The summed E-state index contributed by atoms with van der Waals surface area (Å²) in [5.74, 6) is -0.840. The molecule has 1 aliphatic rings. The fourth-order valence-corrected chi connectivity index (χ4v) is 3.29. The number of halogens is 1. The molecular weight excluding hydrogens is 364 g/mol.